The Morgan fingerprint density at radius 3 is 2.77 bits per heavy atom. The first-order valence-electron chi connectivity index (χ1n) is 11.2. The molecule has 1 amide bonds. The third-order valence-corrected chi connectivity index (χ3v) is 6.27. The quantitative estimate of drug-likeness (QED) is 0.638. The smallest absolute Gasteiger partial charge is 0.421 e. The summed E-state index contributed by atoms with van der Waals surface area (Å²) < 4.78 is 51.4. The van der Waals surface area contributed by atoms with Gasteiger partial charge in [0.2, 0.25) is 11.8 Å². The van der Waals surface area contributed by atoms with Crippen LogP contribution in [-0.4, -0.2) is 71.4 Å². The number of likely N-dealkylation sites (tertiary alicyclic amines) is 1. The van der Waals surface area contributed by atoms with Gasteiger partial charge in [-0.05, 0) is 12.1 Å². The van der Waals surface area contributed by atoms with E-state index in [1.807, 2.05) is 0 Å². The van der Waals surface area contributed by atoms with Crippen LogP contribution < -0.4 is 14.4 Å². The third-order valence-electron chi connectivity index (χ3n) is 6.27. The number of nitrogens with zero attached hydrogens (tertiary/aromatic N) is 6. The highest BCUT2D eigenvalue weighted by molar-refractivity contribution is 6.13. The molecular weight excluding hydrogens is 465 g/mol. The lowest BCUT2D eigenvalue weighted by Crippen LogP contribution is -2.34. The summed E-state index contributed by atoms with van der Waals surface area (Å²) in [6.45, 7) is 2.24. The Kier molecular flexibility index (Phi) is 6.03. The fourth-order valence-electron chi connectivity index (χ4n) is 4.46. The maximum Gasteiger partial charge on any atom is 0.421 e. The molecule has 1 fully saturated rings. The minimum Gasteiger partial charge on any atom is -0.481 e. The van der Waals surface area contributed by atoms with Gasteiger partial charge in [0.05, 0.1) is 55.5 Å². The van der Waals surface area contributed by atoms with E-state index < -0.39 is 17.6 Å². The molecule has 5 rings (SSSR count). The first-order valence-corrected chi connectivity index (χ1v) is 11.2. The molecule has 184 valence electrons. The van der Waals surface area contributed by atoms with Crippen molar-refractivity contribution in [1.82, 2.24) is 19.9 Å². The zero-order valence-corrected chi connectivity index (χ0v) is 19.0. The number of amides is 1. The number of anilines is 1. The van der Waals surface area contributed by atoms with Gasteiger partial charge in [0, 0.05) is 32.1 Å². The van der Waals surface area contributed by atoms with Gasteiger partial charge in [0.25, 0.3) is 5.91 Å². The number of rotatable bonds is 5. The lowest BCUT2D eigenvalue weighted by Gasteiger charge is -2.31. The van der Waals surface area contributed by atoms with Gasteiger partial charge < -0.3 is 19.3 Å². The van der Waals surface area contributed by atoms with E-state index in [-0.39, 0.29) is 18.6 Å². The summed E-state index contributed by atoms with van der Waals surface area (Å²) >= 11 is 0. The maximum absolute atomic E-state index is 13.5. The van der Waals surface area contributed by atoms with Crippen LogP contribution in [0.5, 0.6) is 11.8 Å². The third kappa shape index (κ3) is 4.64. The molecule has 12 heteroatoms. The van der Waals surface area contributed by atoms with E-state index in [9.17, 15) is 18.0 Å². The van der Waals surface area contributed by atoms with Crippen LogP contribution in [0.3, 0.4) is 0 Å². The molecule has 3 aliphatic heterocycles. The van der Waals surface area contributed by atoms with E-state index in [1.165, 1.54) is 12.5 Å². The first kappa shape index (κ1) is 23.1. The van der Waals surface area contributed by atoms with Crippen LogP contribution in [0.4, 0.5) is 18.9 Å². The van der Waals surface area contributed by atoms with Crippen molar-refractivity contribution in [2.45, 2.75) is 31.7 Å². The standard InChI is InChI=1S/C23H23F3N6O3/c1-34-21-18(23(24,25)26)8-15(10-28-21)31-7-4-19-17(12-31)20(30-13-29-19)35-16-3-6-32(11-16)22(33)14-2-5-27-9-14/h2,8-10,13,16H,3-7,11-12H2,1H3/t16-/m0/s1. The number of hydrogen-bond acceptors (Lipinski definition) is 8. The minimum atomic E-state index is -4.59. The maximum atomic E-state index is 13.5. The lowest BCUT2D eigenvalue weighted by atomic mass is 10.1. The van der Waals surface area contributed by atoms with Gasteiger partial charge >= 0.3 is 6.18 Å². The van der Waals surface area contributed by atoms with Gasteiger partial charge in [0.1, 0.15) is 18.0 Å². The number of halogens is 3. The number of ether oxygens (including phenoxy) is 2. The molecule has 1 saturated heterocycles. The van der Waals surface area contributed by atoms with Crippen molar-refractivity contribution >= 4 is 17.8 Å². The van der Waals surface area contributed by atoms with E-state index in [2.05, 4.69) is 19.9 Å². The Morgan fingerprint density at radius 1 is 1.17 bits per heavy atom. The predicted molar refractivity (Wildman–Crippen MR) is 120 cm³/mol. The Hall–Kier alpha value is -3.70. The molecular formula is C23H23F3N6O3. The topological polar surface area (TPSA) is 93.0 Å². The zero-order valence-electron chi connectivity index (χ0n) is 19.0. The van der Waals surface area contributed by atoms with Gasteiger partial charge in [-0.1, -0.05) is 0 Å². The van der Waals surface area contributed by atoms with Crippen molar-refractivity contribution in [3.63, 3.8) is 0 Å². The molecule has 0 unspecified atom stereocenters. The SMILES string of the molecule is COc1ncc(N2CCc3ncnc(O[C@H]4CCN(C(=O)C5=CCN=C5)C4)c3C2)cc1C(F)(F)F. The molecule has 2 aromatic rings. The molecule has 1 atom stereocenters. The summed E-state index contributed by atoms with van der Waals surface area (Å²) in [4.78, 5) is 32.7. The molecule has 2 aromatic heterocycles. The number of pyridine rings is 1. The second kappa shape index (κ2) is 9.16. The highest BCUT2D eigenvalue weighted by atomic mass is 19.4. The van der Waals surface area contributed by atoms with E-state index in [1.54, 1.807) is 22.1 Å². The van der Waals surface area contributed by atoms with Gasteiger partial charge in [-0.25, -0.2) is 15.0 Å². The Balaban J connectivity index is 1.32. The molecule has 0 radical (unpaired) electrons. The van der Waals surface area contributed by atoms with Crippen LogP contribution in [0.2, 0.25) is 0 Å². The van der Waals surface area contributed by atoms with Crippen molar-refractivity contribution in [1.29, 1.82) is 0 Å². The number of hydrogen-bond donors (Lipinski definition) is 0. The molecule has 0 bridgehead atoms. The van der Waals surface area contributed by atoms with Gasteiger partial charge in [-0.2, -0.15) is 13.2 Å². The van der Waals surface area contributed by atoms with Crippen LogP contribution in [0, 0.1) is 0 Å². The van der Waals surface area contributed by atoms with Crippen molar-refractivity contribution in [3.05, 3.63) is 47.1 Å². The summed E-state index contributed by atoms with van der Waals surface area (Å²) in [7, 11) is 1.16. The highest BCUT2D eigenvalue weighted by Crippen LogP contribution is 2.38. The number of alkyl halides is 3. The zero-order chi connectivity index (χ0) is 24.6. The second-order valence-electron chi connectivity index (χ2n) is 8.46. The van der Waals surface area contributed by atoms with Crippen LogP contribution in [0.15, 0.2) is 35.2 Å². The molecule has 9 nitrogen and oxygen atoms in total. The highest BCUT2D eigenvalue weighted by Gasteiger charge is 2.37. The fourth-order valence-corrected chi connectivity index (χ4v) is 4.46. The molecule has 3 aliphatic rings. The summed E-state index contributed by atoms with van der Waals surface area (Å²) in [5, 5.41) is 0. The van der Waals surface area contributed by atoms with Crippen LogP contribution >= 0.6 is 0 Å². The Morgan fingerprint density at radius 2 is 2.03 bits per heavy atom. The average Bonchev–Trinajstić information content (AvgIpc) is 3.55. The Labute approximate surface area is 199 Å². The largest absolute Gasteiger partial charge is 0.481 e. The summed E-state index contributed by atoms with van der Waals surface area (Å²) in [6.07, 6.45) is 2.51. The van der Waals surface area contributed by atoms with Crippen molar-refractivity contribution in [2.24, 2.45) is 4.99 Å². The number of fused-ring (bicyclic) bond motifs is 1. The van der Waals surface area contributed by atoms with Crippen LogP contribution in [-0.2, 0) is 23.9 Å². The van der Waals surface area contributed by atoms with Gasteiger partial charge in [-0.15, -0.1) is 0 Å². The Bertz CT molecular complexity index is 1200. The molecule has 0 N–H and O–H groups in total. The number of aromatic nitrogens is 3. The summed E-state index contributed by atoms with van der Waals surface area (Å²) in [6, 6.07) is 1.04. The molecule has 35 heavy (non-hydrogen) atoms. The average molecular weight is 488 g/mol. The monoisotopic (exact) mass is 488 g/mol. The molecule has 0 aliphatic carbocycles. The van der Waals surface area contributed by atoms with Gasteiger partial charge in [-0.3, -0.25) is 9.79 Å². The molecule has 5 heterocycles. The normalized spacial score (nSPS) is 19.5. The van der Waals surface area contributed by atoms with Crippen molar-refractivity contribution < 1.29 is 27.4 Å². The first-order chi connectivity index (χ1) is 16.8. The molecule has 0 spiro atoms. The van der Waals surface area contributed by atoms with Crippen molar-refractivity contribution in [2.75, 3.05) is 38.2 Å². The van der Waals surface area contributed by atoms with Crippen LogP contribution in [0.1, 0.15) is 23.2 Å². The molecule has 0 saturated carbocycles. The number of carbonyl (C=O) groups excluding carboxylic acids is 1. The van der Waals surface area contributed by atoms with E-state index in [0.29, 0.717) is 56.2 Å². The van der Waals surface area contributed by atoms with E-state index >= 15 is 0 Å². The predicted octanol–water partition coefficient (Wildman–Crippen LogP) is 2.45. The van der Waals surface area contributed by atoms with E-state index in [0.717, 1.165) is 24.4 Å². The van der Waals surface area contributed by atoms with Crippen LogP contribution in [0.25, 0.3) is 0 Å². The lowest BCUT2D eigenvalue weighted by molar-refractivity contribution is -0.139. The minimum absolute atomic E-state index is 0.0688. The number of aliphatic imine (C=N–C) groups is 1. The number of carbonyl (C=O) groups is 1. The second-order valence-corrected chi connectivity index (χ2v) is 8.46. The van der Waals surface area contributed by atoms with Gasteiger partial charge in [0.15, 0.2) is 0 Å². The molecule has 0 aromatic carbocycles. The van der Waals surface area contributed by atoms with Crippen molar-refractivity contribution in [3.8, 4) is 11.8 Å². The summed E-state index contributed by atoms with van der Waals surface area (Å²) in [5.41, 5.74) is 1.50. The summed E-state index contributed by atoms with van der Waals surface area (Å²) in [5.74, 6) is -0.148. The number of methoxy groups -OCH3 is 1. The van der Waals surface area contributed by atoms with E-state index in [4.69, 9.17) is 9.47 Å². The fraction of sp³-hybridized carbons (Fsp3) is 0.435.